The first kappa shape index (κ1) is 21.4. The highest BCUT2D eigenvalue weighted by molar-refractivity contribution is 5.99. The number of benzene rings is 2. The number of fused-ring (bicyclic) bond motifs is 1. The van der Waals surface area contributed by atoms with Crippen molar-refractivity contribution in [3.8, 4) is 22.5 Å². The minimum atomic E-state index is -4.57. The van der Waals surface area contributed by atoms with Crippen LogP contribution in [0.25, 0.3) is 33.6 Å². The molecule has 0 spiro atoms. The second-order valence-corrected chi connectivity index (χ2v) is 8.44. The average Bonchev–Trinajstić information content (AvgIpc) is 3.15. The van der Waals surface area contributed by atoms with Gasteiger partial charge in [0.1, 0.15) is 24.0 Å². The quantitative estimate of drug-likeness (QED) is 0.481. The lowest BCUT2D eigenvalue weighted by atomic mass is 9.70. The molecule has 33 heavy (non-hydrogen) atoms. The van der Waals surface area contributed by atoms with E-state index < -0.39 is 29.9 Å². The van der Waals surface area contributed by atoms with Gasteiger partial charge in [-0.2, -0.15) is 13.2 Å². The van der Waals surface area contributed by atoms with Crippen LogP contribution in [0.4, 0.5) is 13.2 Å². The lowest BCUT2D eigenvalue weighted by Crippen LogP contribution is -2.51. The Bertz CT molecular complexity index is 1370. The molecule has 2 heterocycles. The molecule has 170 valence electrons. The molecule has 0 atom stereocenters. The van der Waals surface area contributed by atoms with Crippen LogP contribution in [0, 0.1) is 0 Å². The number of hydrogen-bond acceptors (Lipinski definition) is 5. The Kier molecular flexibility index (Phi) is 4.91. The van der Waals surface area contributed by atoms with Crippen LogP contribution in [-0.4, -0.2) is 26.9 Å². The summed E-state index contributed by atoms with van der Waals surface area (Å²) in [7, 11) is 0. The number of aliphatic hydroxyl groups excluding tert-OH is 1. The number of alkyl halides is 3. The molecule has 1 saturated carbocycles. The van der Waals surface area contributed by atoms with Gasteiger partial charge < -0.3 is 15.3 Å². The summed E-state index contributed by atoms with van der Waals surface area (Å²) in [6.07, 6.45) is -3.20. The van der Waals surface area contributed by atoms with E-state index in [-0.39, 0.29) is 11.1 Å². The van der Waals surface area contributed by atoms with Crippen LogP contribution in [0.1, 0.15) is 18.4 Å². The zero-order valence-corrected chi connectivity index (χ0v) is 17.3. The third-order valence-corrected chi connectivity index (χ3v) is 6.01. The average molecular weight is 455 g/mol. The van der Waals surface area contributed by atoms with Crippen molar-refractivity contribution in [2.75, 3.05) is 0 Å². The molecule has 0 bridgehead atoms. The maximum Gasteiger partial charge on any atom is 0.406 e. The first-order valence-corrected chi connectivity index (χ1v) is 10.4. The third kappa shape index (κ3) is 3.83. The van der Waals surface area contributed by atoms with Crippen LogP contribution in [0.5, 0.6) is 0 Å². The minimum absolute atomic E-state index is 0.00978. The summed E-state index contributed by atoms with van der Waals surface area (Å²) in [6.45, 7) is -1.44. The SMILES string of the molecule is N[C@]1(c2ccc(-c3oc4ncn(CC(F)(F)F)c(=O)c4c3-c3ccccc3)cc2)C[C@@H](O)C1. The van der Waals surface area contributed by atoms with Crippen molar-refractivity contribution in [3.63, 3.8) is 0 Å². The number of nitrogens with zero attached hydrogens (tertiary/aromatic N) is 2. The van der Waals surface area contributed by atoms with Gasteiger partial charge in [0.25, 0.3) is 5.56 Å². The van der Waals surface area contributed by atoms with Crippen molar-refractivity contribution in [2.45, 2.75) is 37.2 Å². The van der Waals surface area contributed by atoms with Crippen molar-refractivity contribution in [1.29, 1.82) is 0 Å². The lowest BCUT2D eigenvalue weighted by Gasteiger charge is -2.42. The molecule has 0 amide bonds. The highest BCUT2D eigenvalue weighted by atomic mass is 19.4. The molecule has 2 aromatic heterocycles. The van der Waals surface area contributed by atoms with Crippen LogP contribution in [0.2, 0.25) is 0 Å². The fraction of sp³-hybridized carbons (Fsp3) is 0.250. The maximum atomic E-state index is 13.0. The molecule has 5 rings (SSSR count). The van der Waals surface area contributed by atoms with Gasteiger partial charge >= 0.3 is 6.18 Å². The Morgan fingerprint density at radius 3 is 2.36 bits per heavy atom. The lowest BCUT2D eigenvalue weighted by molar-refractivity contribution is -0.141. The van der Waals surface area contributed by atoms with E-state index >= 15 is 0 Å². The van der Waals surface area contributed by atoms with Gasteiger partial charge in [-0.3, -0.25) is 9.36 Å². The van der Waals surface area contributed by atoms with Gasteiger partial charge in [0, 0.05) is 16.7 Å². The number of furan rings is 1. The standard InChI is InChI=1S/C24H20F3N3O3/c25-24(26,27)12-30-13-29-21-19(22(30)32)18(14-4-2-1-3-5-14)20(33-21)15-6-8-16(9-7-15)23(28)10-17(31)11-23/h1-9,13,17,31H,10-12,28H2/t17-,23-. The Morgan fingerprint density at radius 2 is 1.76 bits per heavy atom. The number of hydrogen-bond donors (Lipinski definition) is 2. The number of halogens is 3. The largest absolute Gasteiger partial charge is 0.437 e. The highest BCUT2D eigenvalue weighted by Gasteiger charge is 2.41. The van der Waals surface area contributed by atoms with Gasteiger partial charge in [-0.15, -0.1) is 0 Å². The van der Waals surface area contributed by atoms with E-state index in [9.17, 15) is 23.1 Å². The molecule has 1 aliphatic carbocycles. The Balaban J connectivity index is 1.68. The van der Waals surface area contributed by atoms with Crippen molar-refractivity contribution >= 4 is 11.1 Å². The van der Waals surface area contributed by atoms with E-state index in [1.807, 2.05) is 12.1 Å². The van der Waals surface area contributed by atoms with Gasteiger partial charge in [0.05, 0.1) is 6.10 Å². The molecule has 0 radical (unpaired) electrons. The third-order valence-electron chi connectivity index (χ3n) is 6.01. The number of rotatable bonds is 4. The summed E-state index contributed by atoms with van der Waals surface area (Å²) in [5.74, 6) is 0.330. The van der Waals surface area contributed by atoms with Crippen LogP contribution in [0.3, 0.4) is 0 Å². The Hall–Kier alpha value is -3.43. The summed E-state index contributed by atoms with van der Waals surface area (Å²) in [4.78, 5) is 17.0. The smallest absolute Gasteiger partial charge is 0.406 e. The molecule has 0 aliphatic heterocycles. The second kappa shape index (κ2) is 7.57. The van der Waals surface area contributed by atoms with Crippen LogP contribution in [-0.2, 0) is 12.1 Å². The molecular formula is C24H20F3N3O3. The maximum absolute atomic E-state index is 13.0. The predicted octanol–water partition coefficient (Wildman–Crippen LogP) is 4.19. The summed E-state index contributed by atoms with van der Waals surface area (Å²) >= 11 is 0. The molecule has 3 N–H and O–H groups in total. The van der Waals surface area contributed by atoms with E-state index in [0.717, 1.165) is 11.9 Å². The van der Waals surface area contributed by atoms with E-state index in [1.54, 1.807) is 42.5 Å². The van der Waals surface area contributed by atoms with Crippen LogP contribution >= 0.6 is 0 Å². The molecule has 4 aromatic rings. The summed E-state index contributed by atoms with van der Waals surface area (Å²) in [5, 5.41) is 9.63. The van der Waals surface area contributed by atoms with E-state index in [2.05, 4.69) is 4.98 Å². The molecule has 9 heteroatoms. The minimum Gasteiger partial charge on any atom is -0.437 e. The number of aromatic nitrogens is 2. The van der Waals surface area contributed by atoms with Crippen molar-refractivity contribution in [1.82, 2.24) is 9.55 Å². The first-order valence-electron chi connectivity index (χ1n) is 10.4. The number of nitrogens with two attached hydrogens (primary N) is 1. The fourth-order valence-electron chi connectivity index (χ4n) is 4.39. The molecule has 2 aromatic carbocycles. The molecule has 6 nitrogen and oxygen atoms in total. The summed E-state index contributed by atoms with van der Waals surface area (Å²) < 4.78 is 45.4. The van der Waals surface area contributed by atoms with Crippen molar-refractivity contribution < 1.29 is 22.7 Å². The van der Waals surface area contributed by atoms with Crippen molar-refractivity contribution in [2.24, 2.45) is 5.73 Å². The Labute approximate surface area is 186 Å². The zero-order valence-electron chi connectivity index (χ0n) is 17.3. The molecule has 0 unspecified atom stereocenters. The van der Waals surface area contributed by atoms with Gasteiger partial charge in [-0.1, -0.05) is 54.6 Å². The van der Waals surface area contributed by atoms with Crippen LogP contribution in [0.15, 0.2) is 70.1 Å². The molecule has 0 saturated heterocycles. The van der Waals surface area contributed by atoms with E-state index in [4.69, 9.17) is 10.2 Å². The van der Waals surface area contributed by atoms with E-state index in [1.165, 1.54) is 0 Å². The van der Waals surface area contributed by atoms with E-state index in [0.29, 0.717) is 39.9 Å². The Morgan fingerprint density at radius 1 is 1.09 bits per heavy atom. The van der Waals surface area contributed by atoms with Crippen LogP contribution < -0.4 is 11.3 Å². The summed E-state index contributed by atoms with van der Waals surface area (Å²) in [6, 6.07) is 16.1. The van der Waals surface area contributed by atoms with Gasteiger partial charge in [-0.05, 0) is 24.0 Å². The fourth-order valence-corrected chi connectivity index (χ4v) is 4.39. The highest BCUT2D eigenvalue weighted by Crippen LogP contribution is 2.42. The van der Waals surface area contributed by atoms with Gasteiger partial charge in [0.2, 0.25) is 5.71 Å². The number of aliphatic hydroxyl groups is 1. The van der Waals surface area contributed by atoms with Crippen molar-refractivity contribution in [3.05, 3.63) is 76.8 Å². The van der Waals surface area contributed by atoms with Gasteiger partial charge in [-0.25, -0.2) is 4.98 Å². The summed E-state index contributed by atoms with van der Waals surface area (Å²) in [5.41, 5.74) is 7.38. The normalized spacial score (nSPS) is 20.7. The molecule has 1 aliphatic rings. The molecule has 1 fully saturated rings. The van der Waals surface area contributed by atoms with Gasteiger partial charge in [0.15, 0.2) is 0 Å². The second-order valence-electron chi connectivity index (χ2n) is 8.44. The first-order chi connectivity index (χ1) is 15.6. The zero-order chi connectivity index (χ0) is 23.4. The topological polar surface area (TPSA) is 94.3 Å². The molecular weight excluding hydrogens is 435 g/mol. The monoisotopic (exact) mass is 455 g/mol. The predicted molar refractivity (Wildman–Crippen MR) is 116 cm³/mol.